The summed E-state index contributed by atoms with van der Waals surface area (Å²) in [4.78, 5) is 46.9. The molecule has 8 unspecified atom stereocenters. The number of amides is 2. The van der Waals surface area contributed by atoms with Crippen LogP contribution in [0.15, 0.2) is 11.8 Å². The van der Waals surface area contributed by atoms with Gasteiger partial charge in [-0.05, 0) is 71.1 Å². The van der Waals surface area contributed by atoms with E-state index in [0.29, 0.717) is 38.5 Å². The lowest BCUT2D eigenvalue weighted by molar-refractivity contribution is -0.210. The van der Waals surface area contributed by atoms with Gasteiger partial charge in [0.05, 0.1) is 35.9 Å². The van der Waals surface area contributed by atoms with Gasteiger partial charge in [-0.3, -0.25) is 14.5 Å². The third-order valence-electron chi connectivity index (χ3n) is 12.0. The fourth-order valence-electron chi connectivity index (χ4n) is 9.97. The van der Waals surface area contributed by atoms with E-state index >= 15 is 4.39 Å². The van der Waals surface area contributed by atoms with Crippen molar-refractivity contribution in [3.05, 3.63) is 11.8 Å². The molecule has 1 N–H and O–H groups in total. The molecule has 8 atom stereocenters. The number of alkyl halides is 1. The van der Waals surface area contributed by atoms with Crippen LogP contribution in [0.4, 0.5) is 9.18 Å². The maximum absolute atomic E-state index is 16.4. The second-order valence-electron chi connectivity index (χ2n) is 16.0. The highest BCUT2D eigenvalue weighted by atomic mass is 19.1. The average molecular weight is 629 g/mol. The number of halogens is 1. The van der Waals surface area contributed by atoms with Gasteiger partial charge >= 0.3 is 6.09 Å². The molecule has 4 aliphatic heterocycles. The molecular weight excluding hydrogens is 575 g/mol. The quantitative estimate of drug-likeness (QED) is 0.456. The Morgan fingerprint density at radius 3 is 2.36 bits per heavy atom. The minimum atomic E-state index is -1.26. The van der Waals surface area contributed by atoms with E-state index in [1.165, 1.54) is 25.7 Å². The lowest BCUT2D eigenvalue weighted by atomic mass is 9.69. The standard InChI is InChI=1S/C35H53FN4O5/c1-35(2,3)45-34(43)37-23-14-17-39(19-23)30-26(36)18-24-29-32(30)44-28-11-7-6-10-27(28)40(29)20-25(31(24)41)33(42)38-15-12-22(13-16-38)21-8-4-5-9-21/h20-24,26-30,32H,4-19H2,1-3H3,(H,37,43). The summed E-state index contributed by atoms with van der Waals surface area (Å²) in [6.07, 6.45) is 11.8. The van der Waals surface area contributed by atoms with Crippen molar-refractivity contribution in [3.8, 4) is 0 Å². The largest absolute Gasteiger partial charge is 0.444 e. The maximum atomic E-state index is 16.4. The number of hydrogen-bond acceptors (Lipinski definition) is 7. The van der Waals surface area contributed by atoms with E-state index in [4.69, 9.17) is 9.47 Å². The Labute approximate surface area is 267 Å². The van der Waals surface area contributed by atoms with Gasteiger partial charge in [0.15, 0.2) is 5.78 Å². The number of morpholine rings is 1. The van der Waals surface area contributed by atoms with Gasteiger partial charge in [-0.25, -0.2) is 9.18 Å². The average Bonchev–Trinajstić information content (AvgIpc) is 3.70. The number of hydrogen-bond donors (Lipinski definition) is 1. The van der Waals surface area contributed by atoms with Crippen LogP contribution in [0.25, 0.3) is 0 Å². The molecule has 0 aromatic rings. The van der Waals surface area contributed by atoms with Crippen molar-refractivity contribution in [2.75, 3.05) is 26.2 Å². The third-order valence-corrected chi connectivity index (χ3v) is 12.0. The highest BCUT2D eigenvalue weighted by Gasteiger charge is 2.60. The first-order valence-corrected chi connectivity index (χ1v) is 17.9. The van der Waals surface area contributed by atoms with E-state index < -0.39 is 35.9 Å². The van der Waals surface area contributed by atoms with Crippen molar-refractivity contribution in [2.45, 2.75) is 146 Å². The number of likely N-dealkylation sites (tertiary alicyclic amines) is 2. The van der Waals surface area contributed by atoms with E-state index in [-0.39, 0.29) is 47.9 Å². The van der Waals surface area contributed by atoms with Gasteiger partial charge in [0.1, 0.15) is 11.8 Å². The van der Waals surface area contributed by atoms with Crippen molar-refractivity contribution in [1.82, 2.24) is 20.0 Å². The Morgan fingerprint density at radius 1 is 0.933 bits per heavy atom. The number of piperidine rings is 1. The molecule has 3 saturated carbocycles. The van der Waals surface area contributed by atoms with Gasteiger partial charge in [-0.15, -0.1) is 0 Å². The Kier molecular flexibility index (Phi) is 8.68. The van der Waals surface area contributed by atoms with Crippen LogP contribution in [-0.2, 0) is 19.1 Å². The van der Waals surface area contributed by atoms with Crippen LogP contribution in [0.3, 0.4) is 0 Å². The maximum Gasteiger partial charge on any atom is 0.407 e. The first-order chi connectivity index (χ1) is 21.6. The molecule has 3 saturated heterocycles. The van der Waals surface area contributed by atoms with Crippen LogP contribution >= 0.6 is 0 Å². The lowest BCUT2D eigenvalue weighted by Crippen LogP contribution is -2.73. The first-order valence-electron chi connectivity index (χ1n) is 17.9. The number of nitrogens with one attached hydrogen (secondary N) is 1. The number of carbonyl (C=O) groups excluding carboxylic acids is 3. The molecule has 0 radical (unpaired) electrons. The molecule has 0 aromatic heterocycles. The molecule has 4 heterocycles. The normalized spacial score (nSPS) is 38.0. The zero-order chi connectivity index (χ0) is 31.5. The number of fused-ring (bicyclic) bond motifs is 2. The molecule has 250 valence electrons. The first kappa shape index (κ1) is 31.4. The fraction of sp³-hybridized carbons (Fsp3) is 0.857. The van der Waals surface area contributed by atoms with E-state index in [1.807, 2.05) is 31.9 Å². The summed E-state index contributed by atoms with van der Waals surface area (Å²) in [6.45, 7) is 8.07. The van der Waals surface area contributed by atoms with Crippen LogP contribution in [0.1, 0.15) is 97.8 Å². The second kappa shape index (κ2) is 12.4. The number of rotatable bonds is 4. The van der Waals surface area contributed by atoms with E-state index in [9.17, 15) is 14.4 Å². The Hall–Kier alpha value is -2.20. The monoisotopic (exact) mass is 628 g/mol. The third kappa shape index (κ3) is 6.15. The van der Waals surface area contributed by atoms with E-state index in [0.717, 1.165) is 44.4 Å². The molecule has 0 bridgehead atoms. The van der Waals surface area contributed by atoms with Crippen molar-refractivity contribution in [3.63, 3.8) is 0 Å². The van der Waals surface area contributed by atoms with Crippen LogP contribution in [-0.4, -0.2) is 107 Å². The van der Waals surface area contributed by atoms with Crippen molar-refractivity contribution in [1.29, 1.82) is 0 Å². The molecule has 2 amide bonds. The number of Topliss-reactive ketones (excluding diaryl/α,β-unsaturated/α-hetero) is 1. The Morgan fingerprint density at radius 2 is 1.62 bits per heavy atom. The molecule has 7 aliphatic rings. The van der Waals surface area contributed by atoms with Crippen LogP contribution in [0, 0.1) is 17.8 Å². The van der Waals surface area contributed by atoms with E-state index in [2.05, 4.69) is 15.1 Å². The van der Waals surface area contributed by atoms with Gasteiger partial charge in [0, 0.05) is 44.3 Å². The number of carbonyl (C=O) groups is 3. The number of ether oxygens (including phenoxy) is 2. The minimum Gasteiger partial charge on any atom is -0.444 e. The molecule has 9 nitrogen and oxygen atoms in total. The molecule has 45 heavy (non-hydrogen) atoms. The fourth-order valence-corrected chi connectivity index (χ4v) is 9.97. The van der Waals surface area contributed by atoms with Gasteiger partial charge in [0.2, 0.25) is 0 Å². The van der Waals surface area contributed by atoms with Gasteiger partial charge in [-0.2, -0.15) is 0 Å². The molecule has 6 fully saturated rings. The summed E-state index contributed by atoms with van der Waals surface area (Å²) in [5, 5.41) is 2.97. The summed E-state index contributed by atoms with van der Waals surface area (Å²) in [6, 6.07) is -0.822. The van der Waals surface area contributed by atoms with Crippen LogP contribution < -0.4 is 5.32 Å². The highest BCUT2D eigenvalue weighted by Crippen LogP contribution is 2.47. The second-order valence-corrected chi connectivity index (χ2v) is 16.0. The Balaban J connectivity index is 1.09. The van der Waals surface area contributed by atoms with Crippen LogP contribution in [0.2, 0.25) is 0 Å². The molecule has 7 rings (SSSR count). The summed E-state index contributed by atoms with van der Waals surface area (Å²) >= 11 is 0. The lowest BCUT2D eigenvalue weighted by Gasteiger charge is -2.60. The smallest absolute Gasteiger partial charge is 0.407 e. The molecule has 10 heteroatoms. The number of nitrogens with zero attached hydrogens (tertiary/aromatic N) is 3. The summed E-state index contributed by atoms with van der Waals surface area (Å²) in [5.41, 5.74) is -0.331. The molecule has 0 aromatic carbocycles. The van der Waals surface area contributed by atoms with Gasteiger partial charge in [0.25, 0.3) is 5.91 Å². The van der Waals surface area contributed by atoms with Gasteiger partial charge in [-0.1, -0.05) is 38.5 Å². The SMILES string of the molecule is CC(C)(C)OC(=O)NC1CCN(C2C(F)CC3C(=O)C(C(=O)N4CCC(C5CCCC5)CC4)=CN4C5CCCCC5OC2C34)C1. The Bertz CT molecular complexity index is 1180. The predicted molar refractivity (Wildman–Crippen MR) is 167 cm³/mol. The number of ketones is 1. The summed E-state index contributed by atoms with van der Waals surface area (Å²) in [5.74, 6) is 0.526. The van der Waals surface area contributed by atoms with E-state index in [1.54, 1.807) is 0 Å². The van der Waals surface area contributed by atoms with Crippen molar-refractivity contribution in [2.24, 2.45) is 17.8 Å². The topological polar surface area (TPSA) is 91.4 Å². The molecule has 0 spiro atoms. The molecule has 3 aliphatic carbocycles. The minimum absolute atomic E-state index is 0.0466. The highest BCUT2D eigenvalue weighted by molar-refractivity contribution is 6.20. The zero-order valence-corrected chi connectivity index (χ0v) is 27.4. The van der Waals surface area contributed by atoms with Crippen LogP contribution in [0.5, 0.6) is 0 Å². The summed E-state index contributed by atoms with van der Waals surface area (Å²) < 4.78 is 28.7. The molecular formula is C35H53FN4O5. The predicted octanol–water partition coefficient (Wildman–Crippen LogP) is 4.59. The zero-order valence-electron chi connectivity index (χ0n) is 27.4. The number of alkyl carbamates (subject to hydrolysis) is 1. The van der Waals surface area contributed by atoms with Crippen molar-refractivity contribution >= 4 is 17.8 Å². The summed E-state index contributed by atoms with van der Waals surface area (Å²) in [7, 11) is 0. The van der Waals surface area contributed by atoms with Gasteiger partial charge < -0.3 is 24.6 Å². The van der Waals surface area contributed by atoms with Crippen molar-refractivity contribution < 1.29 is 28.2 Å².